The van der Waals surface area contributed by atoms with E-state index >= 15 is 0 Å². The Labute approximate surface area is 300 Å². The fourth-order valence-electron chi connectivity index (χ4n) is 8.18. The zero-order valence-electron chi connectivity index (χ0n) is 28.1. The number of aromatic nitrogens is 3. The van der Waals surface area contributed by atoms with Crippen molar-refractivity contribution in [2.24, 2.45) is 0 Å². The summed E-state index contributed by atoms with van der Waals surface area (Å²) in [5, 5.41) is 9.56. The molecule has 0 radical (unpaired) electrons. The summed E-state index contributed by atoms with van der Waals surface area (Å²) in [4.78, 5) is 15.9. The average Bonchev–Trinajstić information content (AvgIpc) is 3.54. The minimum Gasteiger partial charge on any atom is -0.208 e. The maximum atomic E-state index is 5.35. The molecule has 0 amide bonds. The SMILES string of the molecule is c1ccc(-c2ccc(-c3nc(-c4ccc5c(c4)-c4cccc6cccc-5c46)nc(-c4c5ccccc5cc5c4ccc4ccccc45)n3)cc2)cc1. The van der Waals surface area contributed by atoms with Crippen LogP contribution in [0.15, 0.2) is 176 Å². The Morgan fingerprint density at radius 3 is 1.67 bits per heavy atom. The van der Waals surface area contributed by atoms with Gasteiger partial charge in [0.25, 0.3) is 0 Å². The summed E-state index contributed by atoms with van der Waals surface area (Å²) in [5.74, 6) is 1.96. The molecule has 0 saturated heterocycles. The fraction of sp³-hybridized carbons (Fsp3) is 0. The first-order valence-electron chi connectivity index (χ1n) is 17.7. The topological polar surface area (TPSA) is 38.7 Å². The first-order valence-corrected chi connectivity index (χ1v) is 17.7. The van der Waals surface area contributed by atoms with Gasteiger partial charge in [0.15, 0.2) is 17.5 Å². The summed E-state index contributed by atoms with van der Waals surface area (Å²) in [6.07, 6.45) is 0. The van der Waals surface area contributed by atoms with Gasteiger partial charge in [-0.25, -0.2) is 15.0 Å². The lowest BCUT2D eigenvalue weighted by atomic mass is 9.93. The summed E-state index contributed by atoms with van der Waals surface area (Å²) in [7, 11) is 0. The van der Waals surface area contributed by atoms with Crippen molar-refractivity contribution in [2.75, 3.05) is 0 Å². The molecule has 10 aromatic rings. The average molecular weight is 660 g/mol. The van der Waals surface area contributed by atoms with Gasteiger partial charge < -0.3 is 0 Å². The Morgan fingerprint density at radius 2 is 0.865 bits per heavy atom. The highest BCUT2D eigenvalue weighted by Crippen LogP contribution is 2.48. The third-order valence-corrected chi connectivity index (χ3v) is 10.6. The zero-order chi connectivity index (χ0) is 34.2. The number of nitrogens with zero attached hydrogens (tertiary/aromatic N) is 3. The number of rotatable bonds is 4. The quantitative estimate of drug-likeness (QED) is 0.139. The summed E-state index contributed by atoms with van der Waals surface area (Å²) < 4.78 is 0. The molecule has 0 saturated carbocycles. The Kier molecular flexibility index (Phi) is 6.25. The number of benzene rings is 9. The molecule has 0 bridgehead atoms. The zero-order valence-corrected chi connectivity index (χ0v) is 28.1. The smallest absolute Gasteiger partial charge is 0.165 e. The van der Waals surface area contributed by atoms with Crippen molar-refractivity contribution < 1.29 is 0 Å². The standard InChI is InChI=1S/C49H29N3/c1-2-10-30(11-3-1)31-20-22-34(23-21-31)47-50-48(36-25-26-39-40-18-8-14-33-15-9-19-41(45(33)40)44(39)29-36)52-49(51-47)46-38-17-7-5-13-35(38)28-43-37-16-6-4-12-32(37)24-27-42(43)46/h1-29H. The van der Waals surface area contributed by atoms with Crippen LogP contribution >= 0.6 is 0 Å². The van der Waals surface area contributed by atoms with E-state index in [1.165, 1.54) is 54.7 Å². The third kappa shape index (κ3) is 4.43. The minimum atomic E-state index is 0.646. The van der Waals surface area contributed by atoms with Crippen molar-refractivity contribution in [3.05, 3.63) is 176 Å². The largest absolute Gasteiger partial charge is 0.208 e. The van der Waals surface area contributed by atoms with Gasteiger partial charge in [-0.2, -0.15) is 0 Å². The van der Waals surface area contributed by atoms with E-state index < -0.39 is 0 Å². The molecule has 0 fully saturated rings. The maximum Gasteiger partial charge on any atom is 0.165 e. The van der Waals surface area contributed by atoms with Crippen LogP contribution in [-0.2, 0) is 0 Å². The highest BCUT2D eigenvalue weighted by Gasteiger charge is 2.23. The van der Waals surface area contributed by atoms with Crippen molar-refractivity contribution in [1.82, 2.24) is 15.0 Å². The van der Waals surface area contributed by atoms with E-state index in [1.807, 2.05) is 6.07 Å². The number of hydrogen-bond donors (Lipinski definition) is 0. The molecule has 0 atom stereocenters. The van der Waals surface area contributed by atoms with Crippen LogP contribution in [-0.4, -0.2) is 15.0 Å². The van der Waals surface area contributed by atoms with Crippen molar-refractivity contribution in [3.8, 4) is 67.5 Å². The lowest BCUT2D eigenvalue weighted by Gasteiger charge is -2.15. The lowest BCUT2D eigenvalue weighted by Crippen LogP contribution is -2.01. The van der Waals surface area contributed by atoms with E-state index in [4.69, 9.17) is 15.0 Å². The van der Waals surface area contributed by atoms with E-state index in [-0.39, 0.29) is 0 Å². The molecular weight excluding hydrogens is 631 g/mol. The van der Waals surface area contributed by atoms with E-state index in [2.05, 4.69) is 170 Å². The second-order valence-corrected chi connectivity index (χ2v) is 13.6. The third-order valence-electron chi connectivity index (χ3n) is 10.6. The predicted molar refractivity (Wildman–Crippen MR) is 216 cm³/mol. The van der Waals surface area contributed by atoms with Gasteiger partial charge in [0.2, 0.25) is 0 Å². The highest BCUT2D eigenvalue weighted by atomic mass is 15.0. The van der Waals surface area contributed by atoms with Crippen LogP contribution in [0.25, 0.3) is 111 Å². The number of fused-ring (bicyclic) bond motifs is 7. The molecule has 0 N–H and O–H groups in total. The molecule has 3 nitrogen and oxygen atoms in total. The van der Waals surface area contributed by atoms with Gasteiger partial charge >= 0.3 is 0 Å². The van der Waals surface area contributed by atoms with Crippen LogP contribution < -0.4 is 0 Å². The lowest BCUT2D eigenvalue weighted by molar-refractivity contribution is 1.08. The first-order chi connectivity index (χ1) is 25.8. The molecule has 1 heterocycles. The van der Waals surface area contributed by atoms with Crippen LogP contribution in [0.5, 0.6) is 0 Å². The highest BCUT2D eigenvalue weighted by molar-refractivity contribution is 6.19. The summed E-state index contributed by atoms with van der Waals surface area (Å²) in [6, 6.07) is 62.7. The van der Waals surface area contributed by atoms with Gasteiger partial charge in [-0.05, 0) is 88.6 Å². The van der Waals surface area contributed by atoms with Gasteiger partial charge in [-0.1, -0.05) is 164 Å². The molecule has 11 rings (SSSR count). The van der Waals surface area contributed by atoms with Gasteiger partial charge in [0, 0.05) is 16.7 Å². The Bertz CT molecular complexity index is 3050. The predicted octanol–water partition coefficient (Wildman–Crippen LogP) is 12.8. The van der Waals surface area contributed by atoms with Crippen LogP contribution in [0.4, 0.5) is 0 Å². The van der Waals surface area contributed by atoms with Gasteiger partial charge in [0.1, 0.15) is 0 Å². The molecule has 9 aromatic carbocycles. The van der Waals surface area contributed by atoms with Crippen LogP contribution in [0.1, 0.15) is 0 Å². The summed E-state index contributed by atoms with van der Waals surface area (Å²) in [6.45, 7) is 0. The molecule has 0 aliphatic heterocycles. The van der Waals surface area contributed by atoms with Gasteiger partial charge in [-0.3, -0.25) is 0 Å². The molecule has 52 heavy (non-hydrogen) atoms. The summed E-state index contributed by atoms with van der Waals surface area (Å²) in [5.41, 5.74) is 10.2. The molecule has 1 aromatic heterocycles. The Morgan fingerprint density at radius 1 is 0.269 bits per heavy atom. The van der Waals surface area contributed by atoms with E-state index in [9.17, 15) is 0 Å². The number of hydrogen-bond acceptors (Lipinski definition) is 3. The Balaban J connectivity index is 1.17. The molecule has 3 heteroatoms. The molecule has 0 unspecified atom stereocenters. The second kappa shape index (κ2) is 11.3. The van der Waals surface area contributed by atoms with Crippen molar-refractivity contribution >= 4 is 43.1 Å². The molecular formula is C49H29N3. The normalized spacial score (nSPS) is 11.8. The fourth-order valence-corrected chi connectivity index (χ4v) is 8.18. The van der Waals surface area contributed by atoms with Crippen LogP contribution in [0.2, 0.25) is 0 Å². The summed E-state index contributed by atoms with van der Waals surface area (Å²) >= 11 is 0. The van der Waals surface area contributed by atoms with Crippen LogP contribution in [0.3, 0.4) is 0 Å². The van der Waals surface area contributed by atoms with E-state index in [0.717, 1.165) is 38.4 Å². The monoisotopic (exact) mass is 659 g/mol. The molecule has 1 aliphatic carbocycles. The van der Waals surface area contributed by atoms with Crippen molar-refractivity contribution in [1.29, 1.82) is 0 Å². The van der Waals surface area contributed by atoms with E-state index in [1.54, 1.807) is 0 Å². The molecule has 0 spiro atoms. The maximum absolute atomic E-state index is 5.35. The van der Waals surface area contributed by atoms with E-state index in [0.29, 0.717) is 17.5 Å². The van der Waals surface area contributed by atoms with Crippen LogP contribution in [0, 0.1) is 0 Å². The molecule has 1 aliphatic rings. The molecule has 240 valence electrons. The van der Waals surface area contributed by atoms with Crippen molar-refractivity contribution in [3.63, 3.8) is 0 Å². The Hall–Kier alpha value is -6.97. The minimum absolute atomic E-state index is 0.646. The van der Waals surface area contributed by atoms with Crippen molar-refractivity contribution in [2.45, 2.75) is 0 Å². The van der Waals surface area contributed by atoms with Gasteiger partial charge in [-0.15, -0.1) is 0 Å². The first kappa shape index (κ1) is 28.8. The second-order valence-electron chi connectivity index (χ2n) is 13.6. The van der Waals surface area contributed by atoms with Gasteiger partial charge in [0.05, 0.1) is 0 Å².